The van der Waals surface area contributed by atoms with Crippen molar-refractivity contribution in [2.45, 2.75) is 17.1 Å². The van der Waals surface area contributed by atoms with Crippen LogP contribution in [0.1, 0.15) is 6.92 Å². The van der Waals surface area contributed by atoms with E-state index in [-0.39, 0.29) is 16.2 Å². The molecule has 24 heavy (non-hydrogen) atoms. The van der Waals surface area contributed by atoms with E-state index in [0.717, 1.165) is 11.0 Å². The van der Waals surface area contributed by atoms with Gasteiger partial charge in [-0.2, -0.15) is 0 Å². The van der Waals surface area contributed by atoms with Gasteiger partial charge in [0.15, 0.2) is 11.5 Å². The highest BCUT2D eigenvalue weighted by atomic mass is 35.5. The number of amides is 1. The predicted molar refractivity (Wildman–Crippen MR) is 92.8 cm³/mol. The number of anilines is 1. The summed E-state index contributed by atoms with van der Waals surface area (Å²) in [4.78, 5) is 13.2. The number of ether oxygens (including phenoxy) is 2. The Morgan fingerprint density at radius 3 is 2.71 bits per heavy atom. The Kier molecular flexibility index (Phi) is 5.16. The van der Waals surface area contributed by atoms with Crippen molar-refractivity contribution in [1.82, 2.24) is 0 Å². The first-order chi connectivity index (χ1) is 11.5. The number of hydrogen-bond acceptors (Lipinski definition) is 4. The zero-order valence-corrected chi connectivity index (χ0v) is 14.4. The maximum Gasteiger partial charge on any atom is 0.237 e. The maximum atomic E-state index is 13.0. The van der Waals surface area contributed by atoms with Crippen LogP contribution in [0.15, 0.2) is 41.3 Å². The molecule has 0 saturated heterocycles. The van der Waals surface area contributed by atoms with E-state index in [1.165, 1.54) is 23.9 Å². The van der Waals surface area contributed by atoms with Crippen LogP contribution in [0.4, 0.5) is 10.1 Å². The second kappa shape index (κ2) is 7.32. The van der Waals surface area contributed by atoms with E-state index in [0.29, 0.717) is 30.4 Å². The van der Waals surface area contributed by atoms with Crippen molar-refractivity contribution in [3.05, 3.63) is 47.2 Å². The highest BCUT2D eigenvalue weighted by Gasteiger charge is 2.18. The second-order valence-corrected chi connectivity index (χ2v) is 7.00. The number of halogens is 2. The van der Waals surface area contributed by atoms with Crippen molar-refractivity contribution in [2.75, 3.05) is 18.5 Å². The average Bonchev–Trinajstić information content (AvgIpc) is 2.57. The van der Waals surface area contributed by atoms with E-state index < -0.39 is 5.82 Å². The van der Waals surface area contributed by atoms with Crippen LogP contribution in [0.2, 0.25) is 5.02 Å². The summed E-state index contributed by atoms with van der Waals surface area (Å²) in [6, 6.07) is 9.42. The van der Waals surface area contributed by atoms with Gasteiger partial charge in [0, 0.05) is 4.90 Å². The van der Waals surface area contributed by atoms with E-state index in [4.69, 9.17) is 21.1 Å². The van der Waals surface area contributed by atoms with Gasteiger partial charge in [0.1, 0.15) is 19.0 Å². The van der Waals surface area contributed by atoms with Gasteiger partial charge in [-0.15, -0.1) is 11.8 Å². The molecule has 4 nitrogen and oxygen atoms in total. The van der Waals surface area contributed by atoms with Crippen LogP contribution in [0, 0.1) is 5.82 Å². The summed E-state index contributed by atoms with van der Waals surface area (Å²) >= 11 is 7.31. The standard InChI is InChI=1S/C17H15ClFNO3S/c1-10(17(21)20-14-4-2-11(19)8-13(14)18)24-12-3-5-15-16(9-12)23-7-6-22-15/h2-5,8-10H,6-7H2,1H3,(H,20,21)/t10-/m0/s1. The van der Waals surface area contributed by atoms with Gasteiger partial charge < -0.3 is 14.8 Å². The van der Waals surface area contributed by atoms with E-state index in [9.17, 15) is 9.18 Å². The average molecular weight is 368 g/mol. The summed E-state index contributed by atoms with van der Waals surface area (Å²) in [5, 5.41) is 2.51. The van der Waals surface area contributed by atoms with Gasteiger partial charge in [0.2, 0.25) is 5.91 Å². The Labute approximate surface area is 148 Å². The van der Waals surface area contributed by atoms with E-state index in [1.54, 1.807) is 6.92 Å². The SMILES string of the molecule is C[C@H](Sc1ccc2c(c1)OCCO2)C(=O)Nc1ccc(F)cc1Cl. The molecule has 0 aliphatic carbocycles. The van der Waals surface area contributed by atoms with E-state index in [2.05, 4.69) is 5.32 Å². The van der Waals surface area contributed by atoms with Crippen LogP contribution in [0.25, 0.3) is 0 Å². The molecule has 126 valence electrons. The Balaban J connectivity index is 1.65. The number of nitrogens with one attached hydrogen (secondary N) is 1. The van der Waals surface area contributed by atoms with Gasteiger partial charge in [-0.1, -0.05) is 11.6 Å². The number of rotatable bonds is 4. The Hall–Kier alpha value is -1.92. The fourth-order valence-electron chi connectivity index (χ4n) is 2.18. The van der Waals surface area contributed by atoms with Gasteiger partial charge in [-0.25, -0.2) is 4.39 Å². The third kappa shape index (κ3) is 3.94. The molecule has 0 unspecified atom stereocenters. The first-order valence-electron chi connectivity index (χ1n) is 7.35. The van der Waals surface area contributed by atoms with Crippen LogP contribution in [-0.2, 0) is 4.79 Å². The third-order valence-corrected chi connectivity index (χ3v) is 4.79. The zero-order valence-electron chi connectivity index (χ0n) is 12.8. The molecular weight excluding hydrogens is 353 g/mol. The minimum absolute atomic E-state index is 0.167. The minimum Gasteiger partial charge on any atom is -0.486 e. The molecule has 0 aromatic heterocycles. The lowest BCUT2D eigenvalue weighted by molar-refractivity contribution is -0.115. The first kappa shape index (κ1) is 16.9. The van der Waals surface area contributed by atoms with Crippen molar-refractivity contribution in [2.24, 2.45) is 0 Å². The van der Waals surface area contributed by atoms with Crippen molar-refractivity contribution in [3.63, 3.8) is 0 Å². The lowest BCUT2D eigenvalue weighted by Crippen LogP contribution is -2.22. The molecule has 3 rings (SSSR count). The number of carbonyl (C=O) groups is 1. The quantitative estimate of drug-likeness (QED) is 0.815. The monoisotopic (exact) mass is 367 g/mol. The van der Waals surface area contributed by atoms with E-state index >= 15 is 0 Å². The van der Waals surface area contributed by atoms with Crippen LogP contribution in [0.3, 0.4) is 0 Å². The Bertz CT molecular complexity index is 771. The summed E-state index contributed by atoms with van der Waals surface area (Å²) in [7, 11) is 0. The van der Waals surface area contributed by atoms with Gasteiger partial charge in [0.25, 0.3) is 0 Å². The Morgan fingerprint density at radius 2 is 1.96 bits per heavy atom. The highest BCUT2D eigenvalue weighted by Crippen LogP contribution is 2.35. The third-order valence-electron chi connectivity index (χ3n) is 3.38. The summed E-state index contributed by atoms with van der Waals surface area (Å²) in [6.45, 7) is 2.84. The topological polar surface area (TPSA) is 47.6 Å². The normalized spacial score (nSPS) is 14.1. The molecule has 0 fully saturated rings. The maximum absolute atomic E-state index is 13.0. The fourth-order valence-corrected chi connectivity index (χ4v) is 3.29. The predicted octanol–water partition coefficient (Wildman–Crippen LogP) is 4.37. The van der Waals surface area contributed by atoms with E-state index in [1.807, 2.05) is 18.2 Å². The van der Waals surface area contributed by atoms with Crippen molar-refractivity contribution < 1.29 is 18.7 Å². The molecule has 0 spiro atoms. The molecule has 0 saturated carbocycles. The molecule has 1 N–H and O–H groups in total. The van der Waals surface area contributed by atoms with Crippen molar-refractivity contribution in [1.29, 1.82) is 0 Å². The number of hydrogen-bond donors (Lipinski definition) is 1. The lowest BCUT2D eigenvalue weighted by Gasteiger charge is -2.19. The molecule has 1 aliphatic rings. The summed E-state index contributed by atoms with van der Waals surface area (Å²) < 4.78 is 24.1. The number of benzene rings is 2. The van der Waals surface area contributed by atoms with Crippen LogP contribution in [-0.4, -0.2) is 24.4 Å². The number of carbonyl (C=O) groups excluding carboxylic acids is 1. The van der Waals surface area contributed by atoms with Crippen molar-refractivity contribution >= 4 is 35.0 Å². The fraction of sp³-hybridized carbons (Fsp3) is 0.235. The number of thioether (sulfide) groups is 1. The largest absolute Gasteiger partial charge is 0.486 e. The van der Waals surface area contributed by atoms with Gasteiger partial charge in [-0.3, -0.25) is 4.79 Å². The smallest absolute Gasteiger partial charge is 0.237 e. The molecule has 2 aromatic carbocycles. The summed E-state index contributed by atoms with van der Waals surface area (Å²) in [5.74, 6) is 0.723. The molecule has 1 aliphatic heterocycles. The van der Waals surface area contributed by atoms with Gasteiger partial charge in [0.05, 0.1) is 16.0 Å². The molecule has 1 heterocycles. The summed E-state index contributed by atoms with van der Waals surface area (Å²) in [5.41, 5.74) is 0.387. The first-order valence-corrected chi connectivity index (χ1v) is 8.61. The second-order valence-electron chi connectivity index (χ2n) is 5.18. The molecule has 1 amide bonds. The molecular formula is C17H15ClFNO3S. The molecule has 2 aromatic rings. The Morgan fingerprint density at radius 1 is 1.21 bits per heavy atom. The van der Waals surface area contributed by atoms with Crippen LogP contribution in [0.5, 0.6) is 11.5 Å². The zero-order chi connectivity index (χ0) is 17.1. The molecule has 0 bridgehead atoms. The number of fused-ring (bicyclic) bond motifs is 1. The molecule has 7 heteroatoms. The van der Waals surface area contributed by atoms with Crippen LogP contribution >= 0.6 is 23.4 Å². The minimum atomic E-state index is -0.447. The van der Waals surface area contributed by atoms with Gasteiger partial charge in [-0.05, 0) is 43.3 Å². The molecule has 0 radical (unpaired) electrons. The molecule has 1 atom stereocenters. The lowest BCUT2D eigenvalue weighted by atomic mass is 10.3. The van der Waals surface area contributed by atoms with Gasteiger partial charge >= 0.3 is 0 Å². The highest BCUT2D eigenvalue weighted by molar-refractivity contribution is 8.00. The van der Waals surface area contributed by atoms with Crippen molar-refractivity contribution in [3.8, 4) is 11.5 Å². The summed E-state index contributed by atoms with van der Waals surface area (Å²) in [6.07, 6.45) is 0. The van der Waals surface area contributed by atoms with Crippen LogP contribution < -0.4 is 14.8 Å².